The molecule has 0 atom stereocenters. The van der Waals surface area contributed by atoms with Gasteiger partial charge >= 0.3 is 6.03 Å². The van der Waals surface area contributed by atoms with Crippen molar-refractivity contribution in [1.82, 2.24) is 14.7 Å². The van der Waals surface area contributed by atoms with E-state index in [2.05, 4.69) is 6.08 Å². The van der Waals surface area contributed by atoms with Gasteiger partial charge in [-0.15, -0.1) is 0 Å². The van der Waals surface area contributed by atoms with Gasteiger partial charge in [-0.25, -0.2) is 4.79 Å². The molecule has 0 saturated carbocycles. The maximum atomic E-state index is 13.7. The van der Waals surface area contributed by atoms with E-state index in [1.54, 1.807) is 27.4 Å². The molecule has 2 saturated heterocycles. The summed E-state index contributed by atoms with van der Waals surface area (Å²) in [5.74, 6) is 2.15. The van der Waals surface area contributed by atoms with Gasteiger partial charge in [0, 0.05) is 42.5 Å². The number of hydrogen-bond acceptors (Lipinski definition) is 5. The average Bonchev–Trinajstić information content (AvgIpc) is 3.03. The Kier molecular flexibility index (Phi) is 6.28. The zero-order chi connectivity index (χ0) is 25.4. The summed E-state index contributed by atoms with van der Waals surface area (Å²) in [6, 6.07) is 11.2. The van der Waals surface area contributed by atoms with Crippen LogP contribution in [0.5, 0.6) is 17.2 Å². The van der Waals surface area contributed by atoms with Crippen molar-refractivity contribution in [3.63, 3.8) is 0 Å². The van der Waals surface area contributed by atoms with Gasteiger partial charge in [-0.3, -0.25) is 9.69 Å². The van der Waals surface area contributed by atoms with Crippen molar-refractivity contribution in [1.29, 1.82) is 0 Å². The zero-order valence-corrected chi connectivity index (χ0v) is 21.4. The fourth-order valence-electron chi connectivity index (χ4n) is 5.97. The Morgan fingerprint density at radius 1 is 1.00 bits per heavy atom. The zero-order valence-electron chi connectivity index (χ0n) is 21.4. The first-order valence-corrected chi connectivity index (χ1v) is 12.4. The molecule has 190 valence electrons. The number of benzene rings is 2. The summed E-state index contributed by atoms with van der Waals surface area (Å²) in [6.45, 7) is 4.27. The van der Waals surface area contributed by atoms with Crippen molar-refractivity contribution >= 4 is 11.9 Å². The summed E-state index contributed by atoms with van der Waals surface area (Å²) in [4.78, 5) is 32.7. The monoisotopic (exact) mass is 491 g/mol. The maximum Gasteiger partial charge on any atom is 0.325 e. The number of allylic oxidation sites excluding steroid dienone is 1. The molecule has 0 radical (unpaired) electrons. The number of amides is 3. The molecular weight excluding hydrogens is 458 g/mol. The summed E-state index contributed by atoms with van der Waals surface area (Å²) in [5, 5.41) is 0. The Balaban J connectivity index is 1.43. The lowest BCUT2D eigenvalue weighted by Crippen LogP contribution is -2.54. The van der Waals surface area contributed by atoms with Gasteiger partial charge in [-0.2, -0.15) is 0 Å². The van der Waals surface area contributed by atoms with Crippen LogP contribution in [0.25, 0.3) is 0 Å². The standard InChI is InChI=1S/C28H33N3O5/c1-5-31-27(33)30-18-20-16-22(35-3)17-24(36-4)23(20)9-10-25(30)28(31)11-13-29(14-12-28)26(32)19-7-6-8-21(15-19)34-2/h6-8,10,15-17H,5,9,11-14,18H2,1-4H3. The Bertz CT molecular complexity index is 1220. The molecule has 0 unspecified atom stereocenters. The summed E-state index contributed by atoms with van der Waals surface area (Å²) >= 11 is 0. The number of methoxy groups -OCH3 is 3. The van der Waals surface area contributed by atoms with Gasteiger partial charge in [0.15, 0.2) is 0 Å². The van der Waals surface area contributed by atoms with Gasteiger partial charge in [-0.05, 0) is 56.0 Å². The van der Waals surface area contributed by atoms with E-state index in [1.807, 2.05) is 52.0 Å². The van der Waals surface area contributed by atoms with Gasteiger partial charge in [0.1, 0.15) is 17.2 Å². The van der Waals surface area contributed by atoms with Crippen LogP contribution in [0.1, 0.15) is 41.3 Å². The fraction of sp³-hybridized carbons (Fsp3) is 0.429. The third kappa shape index (κ3) is 3.75. The fourth-order valence-corrected chi connectivity index (χ4v) is 5.97. The number of likely N-dealkylation sites (N-methyl/N-ethyl adjacent to an activating group) is 1. The van der Waals surface area contributed by atoms with E-state index in [0.29, 0.717) is 62.5 Å². The number of nitrogens with zero attached hydrogens (tertiary/aromatic N) is 3. The van der Waals surface area contributed by atoms with Gasteiger partial charge in [0.25, 0.3) is 5.91 Å². The van der Waals surface area contributed by atoms with E-state index < -0.39 is 5.54 Å². The van der Waals surface area contributed by atoms with E-state index in [0.717, 1.165) is 22.6 Å². The molecule has 0 N–H and O–H groups in total. The third-order valence-corrected chi connectivity index (χ3v) is 7.82. The summed E-state index contributed by atoms with van der Waals surface area (Å²) in [5.41, 5.74) is 3.35. The van der Waals surface area contributed by atoms with Crippen LogP contribution in [0.2, 0.25) is 0 Å². The van der Waals surface area contributed by atoms with Gasteiger partial charge in [0.2, 0.25) is 0 Å². The molecule has 3 aliphatic heterocycles. The van der Waals surface area contributed by atoms with Crippen LogP contribution in [-0.2, 0) is 13.0 Å². The molecule has 2 fully saturated rings. The van der Waals surface area contributed by atoms with Crippen LogP contribution in [-0.4, -0.2) is 73.1 Å². The number of ether oxygens (including phenoxy) is 3. The van der Waals surface area contributed by atoms with E-state index in [9.17, 15) is 9.59 Å². The summed E-state index contributed by atoms with van der Waals surface area (Å²) < 4.78 is 16.4. The number of urea groups is 1. The van der Waals surface area contributed by atoms with E-state index in [-0.39, 0.29) is 11.9 Å². The van der Waals surface area contributed by atoms with E-state index >= 15 is 0 Å². The number of rotatable bonds is 5. The van der Waals surface area contributed by atoms with Crippen LogP contribution in [0.4, 0.5) is 4.79 Å². The summed E-state index contributed by atoms with van der Waals surface area (Å²) in [7, 11) is 4.90. The molecule has 8 nitrogen and oxygen atoms in total. The van der Waals surface area contributed by atoms with Crippen molar-refractivity contribution in [3.8, 4) is 17.2 Å². The van der Waals surface area contributed by atoms with Crippen molar-refractivity contribution in [2.24, 2.45) is 0 Å². The van der Waals surface area contributed by atoms with Gasteiger partial charge in [-0.1, -0.05) is 12.1 Å². The van der Waals surface area contributed by atoms with Gasteiger partial charge < -0.3 is 24.0 Å². The Labute approximate surface area is 212 Å². The second-order valence-electron chi connectivity index (χ2n) is 9.43. The predicted molar refractivity (Wildman–Crippen MR) is 136 cm³/mol. The molecule has 1 spiro atoms. The Morgan fingerprint density at radius 2 is 1.75 bits per heavy atom. The number of carbonyl (C=O) groups excluding carboxylic acids is 2. The minimum Gasteiger partial charge on any atom is -0.497 e. The maximum absolute atomic E-state index is 13.7. The average molecular weight is 492 g/mol. The van der Waals surface area contributed by atoms with E-state index in [1.165, 1.54) is 0 Å². The predicted octanol–water partition coefficient (Wildman–Crippen LogP) is 4.08. The first-order chi connectivity index (χ1) is 17.4. The lowest BCUT2D eigenvalue weighted by molar-refractivity contribution is 0.0575. The molecule has 2 aromatic rings. The minimum absolute atomic E-state index is 0.00735. The number of fused-ring (bicyclic) bond motifs is 3. The van der Waals surface area contributed by atoms with Crippen molar-refractivity contribution in [3.05, 3.63) is 64.9 Å². The van der Waals surface area contributed by atoms with E-state index in [4.69, 9.17) is 14.2 Å². The topological polar surface area (TPSA) is 71.6 Å². The van der Waals surface area contributed by atoms with Crippen molar-refractivity contribution in [2.75, 3.05) is 41.0 Å². The summed E-state index contributed by atoms with van der Waals surface area (Å²) in [6.07, 6.45) is 4.25. The molecule has 0 aromatic heterocycles. The molecule has 0 bridgehead atoms. The first-order valence-electron chi connectivity index (χ1n) is 12.4. The lowest BCUT2D eigenvalue weighted by atomic mass is 9.83. The minimum atomic E-state index is -0.420. The van der Waals surface area contributed by atoms with Crippen LogP contribution in [0, 0.1) is 0 Å². The number of piperidine rings is 1. The SMILES string of the molecule is CCN1C(=O)N2Cc3cc(OC)cc(OC)c3CC=C2C12CCN(C(=O)c1cccc(OC)c1)CC2. The second kappa shape index (κ2) is 9.41. The molecular formula is C28H33N3O5. The first kappa shape index (κ1) is 24.0. The molecule has 3 aliphatic rings. The third-order valence-electron chi connectivity index (χ3n) is 7.82. The molecule has 3 heterocycles. The number of likely N-dealkylation sites (tertiary alicyclic amines) is 1. The van der Waals surface area contributed by atoms with Crippen LogP contribution < -0.4 is 14.2 Å². The van der Waals surface area contributed by atoms with Crippen LogP contribution in [0.3, 0.4) is 0 Å². The highest BCUT2D eigenvalue weighted by molar-refractivity contribution is 5.94. The Hall–Kier alpha value is -3.68. The molecule has 8 heteroatoms. The van der Waals surface area contributed by atoms with Crippen LogP contribution in [0.15, 0.2) is 48.2 Å². The Morgan fingerprint density at radius 3 is 2.42 bits per heavy atom. The second-order valence-corrected chi connectivity index (χ2v) is 9.43. The molecule has 3 amide bonds. The molecule has 5 rings (SSSR count). The van der Waals surface area contributed by atoms with Gasteiger partial charge in [0.05, 0.1) is 33.4 Å². The normalized spacial score (nSPS) is 18.4. The molecule has 36 heavy (non-hydrogen) atoms. The molecule has 2 aromatic carbocycles. The largest absolute Gasteiger partial charge is 0.497 e. The smallest absolute Gasteiger partial charge is 0.325 e. The van der Waals surface area contributed by atoms with Crippen LogP contribution >= 0.6 is 0 Å². The number of carbonyl (C=O) groups is 2. The number of hydrogen-bond donors (Lipinski definition) is 0. The highest BCUT2D eigenvalue weighted by Crippen LogP contribution is 2.46. The highest BCUT2D eigenvalue weighted by Gasteiger charge is 2.54. The van der Waals surface area contributed by atoms with Crippen molar-refractivity contribution in [2.45, 2.75) is 38.3 Å². The lowest BCUT2D eigenvalue weighted by Gasteiger charge is -2.44. The highest BCUT2D eigenvalue weighted by atomic mass is 16.5. The van der Waals surface area contributed by atoms with Crippen molar-refractivity contribution < 1.29 is 23.8 Å². The molecule has 0 aliphatic carbocycles. The quantitative estimate of drug-likeness (QED) is 0.630.